The first-order valence-electron chi connectivity index (χ1n) is 4.78. The SMILES string of the molecule is Cn1nc(-c2ccc(Cl)nc2)c(Br)c1OC(F)F. The summed E-state index contributed by atoms with van der Waals surface area (Å²) in [5, 5.41) is 4.43. The van der Waals surface area contributed by atoms with Crippen LogP contribution >= 0.6 is 27.5 Å². The Morgan fingerprint density at radius 1 is 1.44 bits per heavy atom. The molecule has 0 radical (unpaired) electrons. The molecule has 0 aliphatic rings. The van der Waals surface area contributed by atoms with Crippen LogP contribution in [0.2, 0.25) is 5.15 Å². The van der Waals surface area contributed by atoms with E-state index in [1.54, 1.807) is 12.1 Å². The molecule has 2 aromatic heterocycles. The predicted octanol–water partition coefficient (Wildman–Crippen LogP) is 3.50. The second-order valence-corrected chi connectivity index (χ2v) is 4.52. The molecule has 0 aromatic carbocycles. The molecule has 0 bridgehead atoms. The highest BCUT2D eigenvalue weighted by Gasteiger charge is 2.19. The van der Waals surface area contributed by atoms with Crippen LogP contribution < -0.4 is 4.74 Å². The van der Waals surface area contributed by atoms with Crippen LogP contribution in [0.5, 0.6) is 5.88 Å². The monoisotopic (exact) mass is 337 g/mol. The highest BCUT2D eigenvalue weighted by molar-refractivity contribution is 9.10. The van der Waals surface area contributed by atoms with Gasteiger partial charge in [0.2, 0.25) is 5.88 Å². The Morgan fingerprint density at radius 2 is 2.17 bits per heavy atom. The summed E-state index contributed by atoms with van der Waals surface area (Å²) < 4.78 is 30.4. The van der Waals surface area contributed by atoms with Crippen molar-refractivity contribution in [1.29, 1.82) is 0 Å². The molecule has 8 heteroatoms. The largest absolute Gasteiger partial charge is 0.416 e. The lowest BCUT2D eigenvalue weighted by Gasteiger charge is -2.03. The number of rotatable bonds is 3. The standard InChI is InChI=1S/C10H7BrClF2N3O/c1-17-9(18-10(13)14)7(11)8(16-17)5-2-3-6(12)15-4-5/h2-4,10H,1H3. The molecule has 0 amide bonds. The zero-order valence-corrected chi connectivity index (χ0v) is 11.4. The second kappa shape index (κ2) is 5.19. The summed E-state index contributed by atoms with van der Waals surface area (Å²) in [6.07, 6.45) is 1.50. The van der Waals surface area contributed by atoms with E-state index in [9.17, 15) is 8.78 Å². The van der Waals surface area contributed by atoms with Gasteiger partial charge in [-0.25, -0.2) is 9.67 Å². The van der Waals surface area contributed by atoms with Crippen LogP contribution in [-0.4, -0.2) is 21.4 Å². The van der Waals surface area contributed by atoms with Gasteiger partial charge in [-0.15, -0.1) is 0 Å². The molecule has 2 rings (SSSR count). The van der Waals surface area contributed by atoms with Crippen molar-refractivity contribution in [3.63, 3.8) is 0 Å². The third-order valence-corrected chi connectivity index (χ3v) is 3.08. The smallest absolute Gasteiger partial charge is 0.388 e. The summed E-state index contributed by atoms with van der Waals surface area (Å²) in [4.78, 5) is 3.90. The van der Waals surface area contributed by atoms with Crippen LogP contribution in [0.25, 0.3) is 11.3 Å². The third-order valence-electron chi connectivity index (χ3n) is 2.14. The maximum Gasteiger partial charge on any atom is 0.388 e. The maximum atomic E-state index is 12.2. The number of halogens is 4. The summed E-state index contributed by atoms with van der Waals surface area (Å²) in [6, 6.07) is 3.28. The molecule has 0 saturated carbocycles. The van der Waals surface area contributed by atoms with E-state index in [2.05, 4.69) is 30.7 Å². The first-order chi connectivity index (χ1) is 8.49. The molecule has 0 aliphatic heterocycles. The van der Waals surface area contributed by atoms with Crippen molar-refractivity contribution in [3.8, 4) is 17.1 Å². The number of aromatic nitrogens is 3. The summed E-state index contributed by atoms with van der Waals surface area (Å²) in [5.74, 6) is -0.0463. The van der Waals surface area contributed by atoms with Gasteiger partial charge in [0.05, 0.1) is 0 Å². The van der Waals surface area contributed by atoms with Gasteiger partial charge in [-0.3, -0.25) is 0 Å². The Bertz CT molecular complexity index is 559. The summed E-state index contributed by atoms with van der Waals surface area (Å²) in [7, 11) is 1.51. The van der Waals surface area contributed by atoms with Crippen molar-refractivity contribution < 1.29 is 13.5 Å². The summed E-state index contributed by atoms with van der Waals surface area (Å²) >= 11 is 8.86. The molecular formula is C10H7BrClF2N3O. The van der Waals surface area contributed by atoms with Gasteiger partial charge in [-0.05, 0) is 28.1 Å². The first kappa shape index (κ1) is 13.2. The van der Waals surface area contributed by atoms with Gasteiger partial charge in [-0.1, -0.05) is 11.6 Å². The van der Waals surface area contributed by atoms with Crippen LogP contribution in [-0.2, 0) is 7.05 Å². The van der Waals surface area contributed by atoms with E-state index in [0.717, 1.165) is 0 Å². The quantitative estimate of drug-likeness (QED) is 0.804. The van der Waals surface area contributed by atoms with Crippen molar-refractivity contribution in [1.82, 2.24) is 14.8 Å². The minimum atomic E-state index is -2.91. The maximum absolute atomic E-state index is 12.2. The summed E-state index contributed by atoms with van der Waals surface area (Å²) in [6.45, 7) is -2.91. The van der Waals surface area contributed by atoms with Crippen molar-refractivity contribution >= 4 is 27.5 Å². The van der Waals surface area contributed by atoms with E-state index in [4.69, 9.17) is 11.6 Å². The van der Waals surface area contributed by atoms with E-state index in [-0.39, 0.29) is 5.88 Å². The Morgan fingerprint density at radius 3 is 2.72 bits per heavy atom. The number of aryl methyl sites for hydroxylation is 1. The van der Waals surface area contributed by atoms with E-state index < -0.39 is 6.61 Å². The topological polar surface area (TPSA) is 39.9 Å². The molecule has 96 valence electrons. The highest BCUT2D eigenvalue weighted by atomic mass is 79.9. The lowest BCUT2D eigenvalue weighted by molar-refractivity contribution is -0.0558. The van der Waals surface area contributed by atoms with E-state index in [1.165, 1.54) is 17.9 Å². The first-order valence-corrected chi connectivity index (χ1v) is 5.95. The Kier molecular flexibility index (Phi) is 3.82. The average Bonchev–Trinajstić information content (AvgIpc) is 2.58. The van der Waals surface area contributed by atoms with Crippen LogP contribution in [0, 0.1) is 0 Å². The van der Waals surface area contributed by atoms with Gasteiger partial charge < -0.3 is 4.74 Å². The number of hydrogen-bond donors (Lipinski definition) is 0. The molecular weight excluding hydrogens is 331 g/mol. The zero-order chi connectivity index (χ0) is 13.3. The van der Waals surface area contributed by atoms with Crippen molar-refractivity contribution in [2.45, 2.75) is 6.61 Å². The van der Waals surface area contributed by atoms with Crippen LogP contribution in [0.4, 0.5) is 8.78 Å². The molecule has 18 heavy (non-hydrogen) atoms. The minimum Gasteiger partial charge on any atom is -0.416 e. The predicted molar refractivity (Wildman–Crippen MR) is 65.8 cm³/mol. The molecule has 2 heterocycles. The summed E-state index contributed by atoms with van der Waals surface area (Å²) in [5.41, 5.74) is 1.10. The lowest BCUT2D eigenvalue weighted by Crippen LogP contribution is -2.06. The Labute approximate surface area is 115 Å². The fourth-order valence-electron chi connectivity index (χ4n) is 1.40. The molecule has 0 N–H and O–H groups in total. The van der Waals surface area contributed by atoms with Crippen LogP contribution in [0.15, 0.2) is 22.8 Å². The molecule has 0 aliphatic carbocycles. The number of nitrogens with zero attached hydrogens (tertiary/aromatic N) is 3. The molecule has 0 atom stereocenters. The molecule has 0 fully saturated rings. The van der Waals surface area contributed by atoms with Gasteiger partial charge in [0.15, 0.2) is 0 Å². The van der Waals surface area contributed by atoms with Crippen molar-refractivity contribution in [2.24, 2.45) is 7.05 Å². The number of hydrogen-bond acceptors (Lipinski definition) is 3. The second-order valence-electron chi connectivity index (χ2n) is 3.34. The molecule has 4 nitrogen and oxygen atoms in total. The third kappa shape index (κ3) is 2.62. The number of pyridine rings is 1. The van der Waals surface area contributed by atoms with E-state index in [0.29, 0.717) is 20.9 Å². The lowest BCUT2D eigenvalue weighted by atomic mass is 10.2. The highest BCUT2D eigenvalue weighted by Crippen LogP contribution is 2.35. The normalized spacial score (nSPS) is 11.0. The average molecular weight is 339 g/mol. The van der Waals surface area contributed by atoms with E-state index >= 15 is 0 Å². The van der Waals surface area contributed by atoms with Crippen LogP contribution in [0.3, 0.4) is 0 Å². The fraction of sp³-hybridized carbons (Fsp3) is 0.200. The van der Waals surface area contributed by atoms with E-state index in [1.807, 2.05) is 0 Å². The molecule has 2 aromatic rings. The molecule has 0 saturated heterocycles. The Hall–Kier alpha value is -1.21. The van der Waals surface area contributed by atoms with Crippen molar-refractivity contribution in [2.75, 3.05) is 0 Å². The fourth-order valence-corrected chi connectivity index (χ4v) is 2.17. The number of ether oxygens (including phenoxy) is 1. The minimum absolute atomic E-state index is 0.0463. The molecule has 0 spiro atoms. The van der Waals surface area contributed by atoms with Gasteiger partial charge in [0.1, 0.15) is 15.3 Å². The van der Waals surface area contributed by atoms with Crippen LogP contribution in [0.1, 0.15) is 0 Å². The van der Waals surface area contributed by atoms with Gasteiger partial charge in [0.25, 0.3) is 0 Å². The molecule has 0 unspecified atom stereocenters. The van der Waals surface area contributed by atoms with Crippen molar-refractivity contribution in [3.05, 3.63) is 28.0 Å². The zero-order valence-electron chi connectivity index (χ0n) is 9.07. The Balaban J connectivity index is 2.43. The number of alkyl halides is 2. The van der Waals surface area contributed by atoms with Gasteiger partial charge in [0, 0.05) is 18.8 Å². The van der Waals surface area contributed by atoms with Gasteiger partial charge in [-0.2, -0.15) is 13.9 Å². The van der Waals surface area contributed by atoms with Gasteiger partial charge >= 0.3 is 6.61 Å².